The van der Waals surface area contributed by atoms with Gasteiger partial charge in [0.1, 0.15) is 11.4 Å². The molecule has 1 unspecified atom stereocenters. The number of hydrogen-bond acceptors (Lipinski definition) is 9. The van der Waals surface area contributed by atoms with Crippen molar-refractivity contribution in [3.8, 4) is 11.8 Å². The normalized spacial score (nSPS) is 17.2. The molecule has 0 bridgehead atoms. The Balaban J connectivity index is 1.33. The van der Waals surface area contributed by atoms with E-state index in [0.717, 1.165) is 61.5 Å². The van der Waals surface area contributed by atoms with E-state index in [2.05, 4.69) is 57.3 Å². The van der Waals surface area contributed by atoms with Crippen LogP contribution < -0.4 is 10.9 Å². The van der Waals surface area contributed by atoms with Crippen molar-refractivity contribution in [2.75, 3.05) is 45.8 Å². The van der Waals surface area contributed by atoms with Crippen molar-refractivity contribution in [2.45, 2.75) is 38.3 Å². The first-order valence-corrected chi connectivity index (χ1v) is 14.3. The number of methoxy groups -OCH3 is 1. The number of fused-ring (bicyclic) bond motifs is 1. The Morgan fingerprint density at radius 1 is 1.19 bits per heavy atom. The topological polar surface area (TPSA) is 108 Å². The Hall–Kier alpha value is -4.30. The second-order valence-corrected chi connectivity index (χ2v) is 10.6. The van der Waals surface area contributed by atoms with Gasteiger partial charge in [-0.3, -0.25) is 9.36 Å². The van der Waals surface area contributed by atoms with Crippen LogP contribution in [0.4, 0.5) is 11.6 Å². The molecule has 1 N–H and O–H groups in total. The molecule has 0 spiro atoms. The van der Waals surface area contributed by atoms with Gasteiger partial charge in [-0.05, 0) is 55.6 Å². The first-order valence-electron chi connectivity index (χ1n) is 14.3. The summed E-state index contributed by atoms with van der Waals surface area (Å²) in [5.41, 5.74) is 4.40. The van der Waals surface area contributed by atoms with Gasteiger partial charge in [-0.15, -0.1) is 0 Å². The van der Waals surface area contributed by atoms with Gasteiger partial charge in [0.25, 0.3) is 5.56 Å². The van der Waals surface area contributed by atoms with Crippen LogP contribution in [0, 0.1) is 11.8 Å². The first-order chi connectivity index (χ1) is 20.6. The van der Waals surface area contributed by atoms with Crippen molar-refractivity contribution >= 4 is 22.7 Å². The van der Waals surface area contributed by atoms with Gasteiger partial charge in [0.05, 0.1) is 37.1 Å². The smallest absolute Gasteiger partial charge is 0.268 e. The predicted octanol–water partition coefficient (Wildman–Crippen LogP) is 4.23. The van der Waals surface area contributed by atoms with Crippen LogP contribution in [0.15, 0.2) is 63.8 Å². The molecular weight excluding hydrogens is 532 g/mol. The maximum atomic E-state index is 13.8. The maximum Gasteiger partial charge on any atom is 0.268 e. The molecule has 0 radical (unpaired) electrons. The van der Waals surface area contributed by atoms with Crippen molar-refractivity contribution in [3.05, 3.63) is 87.5 Å². The van der Waals surface area contributed by atoms with Gasteiger partial charge in [0.15, 0.2) is 6.39 Å². The van der Waals surface area contributed by atoms with Crippen LogP contribution in [0.25, 0.3) is 11.0 Å². The van der Waals surface area contributed by atoms with Gasteiger partial charge in [-0.1, -0.05) is 30.0 Å². The number of oxazole rings is 1. The number of hydrogen-bond donors (Lipinski definition) is 1. The van der Waals surface area contributed by atoms with Gasteiger partial charge >= 0.3 is 0 Å². The van der Waals surface area contributed by atoms with Gasteiger partial charge in [0, 0.05) is 43.9 Å². The van der Waals surface area contributed by atoms with Crippen LogP contribution in [0.3, 0.4) is 0 Å². The Morgan fingerprint density at radius 3 is 2.86 bits per heavy atom. The summed E-state index contributed by atoms with van der Waals surface area (Å²) in [6.45, 7) is 3.18. The summed E-state index contributed by atoms with van der Waals surface area (Å²) in [5, 5.41) is 3.99. The van der Waals surface area contributed by atoms with Crippen LogP contribution in [-0.4, -0.2) is 64.9 Å². The highest BCUT2D eigenvalue weighted by atomic mass is 16.5. The lowest BCUT2D eigenvalue weighted by Crippen LogP contribution is -2.35. The number of allylic oxidation sites excluding steroid dienone is 2. The SMILES string of the molecule is COCCc1ncoc1Cn1c(=O)c(C#CC2=CCCC2)cc2cnc(Nc3ccc(C4CN(C)CCO4)cc3)nc21. The second kappa shape index (κ2) is 12.7. The number of rotatable bonds is 8. The van der Waals surface area contributed by atoms with Gasteiger partial charge in [-0.25, -0.2) is 9.97 Å². The van der Waals surface area contributed by atoms with E-state index in [1.165, 1.54) is 6.39 Å². The number of benzene rings is 1. The van der Waals surface area contributed by atoms with Crippen molar-refractivity contribution in [2.24, 2.45) is 0 Å². The molecule has 1 aliphatic carbocycles. The fourth-order valence-corrected chi connectivity index (χ4v) is 5.25. The van der Waals surface area contributed by atoms with Crippen molar-refractivity contribution in [1.82, 2.24) is 24.4 Å². The molecule has 2 aliphatic rings. The number of ether oxygens (including phenoxy) is 2. The standard InChI is InChI=1S/C32H34N6O4/c1-37-14-16-41-28(19-37)23-9-11-26(12-10-23)35-32-33-18-25-17-24(8-7-22-5-3-4-6-22)31(39)38(30(25)36-32)20-29-27(13-15-40-2)34-21-42-29/h5,9-12,17-18,21,28H,3-4,6,13-16,19-20H2,1-2H3,(H,33,35,36). The third kappa shape index (κ3) is 6.29. The number of nitrogens with one attached hydrogen (secondary N) is 1. The molecule has 1 atom stereocenters. The van der Waals surface area contributed by atoms with Crippen LogP contribution >= 0.6 is 0 Å². The minimum Gasteiger partial charge on any atom is -0.446 e. The van der Waals surface area contributed by atoms with Gasteiger partial charge in [0.2, 0.25) is 5.95 Å². The summed E-state index contributed by atoms with van der Waals surface area (Å²) < 4.78 is 18.5. The minimum absolute atomic E-state index is 0.0521. The summed E-state index contributed by atoms with van der Waals surface area (Å²) in [6, 6.07) is 9.85. The van der Waals surface area contributed by atoms with Crippen molar-refractivity contribution < 1.29 is 13.9 Å². The Bertz CT molecular complexity index is 1710. The van der Waals surface area contributed by atoms with Crippen LogP contribution in [0.5, 0.6) is 0 Å². The largest absolute Gasteiger partial charge is 0.446 e. The minimum atomic E-state index is -0.242. The quantitative estimate of drug-likeness (QED) is 0.314. The molecule has 1 saturated heterocycles. The Morgan fingerprint density at radius 2 is 2.07 bits per heavy atom. The summed E-state index contributed by atoms with van der Waals surface area (Å²) in [4.78, 5) is 29.7. The highest BCUT2D eigenvalue weighted by Gasteiger charge is 2.20. The molecule has 216 valence electrons. The van der Waals surface area contributed by atoms with E-state index in [-0.39, 0.29) is 18.2 Å². The lowest BCUT2D eigenvalue weighted by atomic mass is 10.1. The molecule has 1 aliphatic heterocycles. The van der Waals surface area contributed by atoms with Crippen molar-refractivity contribution in [3.63, 3.8) is 0 Å². The van der Waals surface area contributed by atoms with E-state index in [0.29, 0.717) is 41.3 Å². The highest BCUT2D eigenvalue weighted by molar-refractivity contribution is 5.77. The molecule has 4 heterocycles. The zero-order chi connectivity index (χ0) is 28.9. The van der Waals surface area contributed by atoms with E-state index in [1.807, 2.05) is 12.1 Å². The average molecular weight is 567 g/mol. The molecule has 4 aromatic rings. The number of aromatic nitrogens is 4. The zero-order valence-electron chi connectivity index (χ0n) is 23.9. The highest BCUT2D eigenvalue weighted by Crippen LogP contribution is 2.25. The van der Waals surface area contributed by atoms with E-state index >= 15 is 0 Å². The fraction of sp³-hybridized carbons (Fsp3) is 0.375. The van der Waals surface area contributed by atoms with Crippen molar-refractivity contribution in [1.29, 1.82) is 0 Å². The van der Waals surface area contributed by atoms with E-state index < -0.39 is 0 Å². The fourth-order valence-electron chi connectivity index (χ4n) is 5.25. The van der Waals surface area contributed by atoms with E-state index in [4.69, 9.17) is 18.9 Å². The summed E-state index contributed by atoms with van der Waals surface area (Å²) in [7, 11) is 3.74. The van der Waals surface area contributed by atoms with Crippen LogP contribution in [0.2, 0.25) is 0 Å². The first kappa shape index (κ1) is 27.8. The lowest BCUT2D eigenvalue weighted by Gasteiger charge is -2.30. The second-order valence-electron chi connectivity index (χ2n) is 10.6. The monoisotopic (exact) mass is 566 g/mol. The van der Waals surface area contributed by atoms with E-state index in [9.17, 15) is 4.79 Å². The Labute approximate surface area is 244 Å². The summed E-state index contributed by atoms with van der Waals surface area (Å²) >= 11 is 0. The molecule has 42 heavy (non-hydrogen) atoms. The maximum absolute atomic E-state index is 13.8. The molecule has 0 saturated carbocycles. The van der Waals surface area contributed by atoms with Crippen LogP contribution in [0.1, 0.15) is 47.9 Å². The number of likely N-dealkylation sites (N-methyl/N-ethyl adjacent to an activating group) is 1. The third-order valence-corrected chi connectivity index (χ3v) is 7.60. The predicted molar refractivity (Wildman–Crippen MR) is 160 cm³/mol. The van der Waals surface area contributed by atoms with Crippen LogP contribution in [-0.2, 0) is 22.4 Å². The summed E-state index contributed by atoms with van der Waals surface area (Å²) in [5.74, 6) is 7.25. The molecule has 10 nitrogen and oxygen atoms in total. The number of nitrogens with zero attached hydrogens (tertiary/aromatic N) is 5. The molecule has 3 aromatic heterocycles. The number of pyridine rings is 1. The van der Waals surface area contributed by atoms with Gasteiger partial charge in [-0.2, -0.15) is 4.98 Å². The zero-order valence-corrected chi connectivity index (χ0v) is 23.9. The van der Waals surface area contributed by atoms with E-state index in [1.54, 1.807) is 23.9 Å². The third-order valence-electron chi connectivity index (χ3n) is 7.60. The molecule has 1 aromatic carbocycles. The Kier molecular flexibility index (Phi) is 8.42. The lowest BCUT2D eigenvalue weighted by molar-refractivity contribution is -0.0208. The molecule has 10 heteroatoms. The number of morpholine rings is 1. The molecule has 6 rings (SSSR count). The molecule has 1 fully saturated rings. The molecular formula is C32H34N6O4. The molecule has 0 amide bonds. The average Bonchev–Trinajstić information content (AvgIpc) is 3.69. The van der Waals surface area contributed by atoms with Gasteiger partial charge < -0.3 is 24.1 Å². The summed E-state index contributed by atoms with van der Waals surface area (Å²) in [6.07, 6.45) is 8.94. The number of anilines is 2.